The van der Waals surface area contributed by atoms with Crippen molar-refractivity contribution in [3.63, 3.8) is 0 Å². The first-order chi connectivity index (χ1) is 26.9. The van der Waals surface area contributed by atoms with Crippen molar-refractivity contribution in [2.24, 2.45) is 5.73 Å². The zero-order valence-corrected chi connectivity index (χ0v) is 35.8. The quantitative estimate of drug-likeness (QED) is 0.0388. The van der Waals surface area contributed by atoms with Gasteiger partial charge in [0.15, 0.2) is 6.23 Å². The third-order valence-electron chi connectivity index (χ3n) is 11.4. The molecular formula is C45H89N3O7. The summed E-state index contributed by atoms with van der Waals surface area (Å²) in [6.07, 6.45) is 34.4. The first kappa shape index (κ1) is 51.6. The van der Waals surface area contributed by atoms with E-state index >= 15 is 0 Å². The van der Waals surface area contributed by atoms with Gasteiger partial charge in [-0.25, -0.2) is 4.79 Å². The van der Waals surface area contributed by atoms with Crippen LogP contribution >= 0.6 is 0 Å². The summed E-state index contributed by atoms with van der Waals surface area (Å²) in [6, 6.07) is -1.13. The van der Waals surface area contributed by atoms with Crippen molar-refractivity contribution in [1.29, 1.82) is 0 Å². The Morgan fingerprint density at radius 2 is 0.945 bits per heavy atom. The van der Waals surface area contributed by atoms with Crippen LogP contribution in [0.15, 0.2) is 0 Å². The lowest BCUT2D eigenvalue weighted by Gasteiger charge is -2.46. The third-order valence-corrected chi connectivity index (χ3v) is 11.4. The molecule has 1 aliphatic rings. The molecule has 0 spiro atoms. The molecule has 0 aromatic heterocycles. The Balaban J connectivity index is 2.44. The van der Waals surface area contributed by atoms with E-state index in [-0.39, 0.29) is 13.2 Å². The molecular weight excluding hydrogens is 695 g/mol. The molecule has 1 saturated heterocycles. The lowest BCUT2D eigenvalue weighted by molar-refractivity contribution is -0.226. The van der Waals surface area contributed by atoms with Gasteiger partial charge in [0.2, 0.25) is 5.91 Å². The summed E-state index contributed by atoms with van der Waals surface area (Å²) in [4.78, 5) is 27.3. The fraction of sp³-hybridized carbons (Fsp3) is 0.956. The normalized spacial score (nSPS) is 19.8. The van der Waals surface area contributed by atoms with E-state index in [0.29, 0.717) is 13.0 Å². The van der Waals surface area contributed by atoms with Crippen molar-refractivity contribution >= 4 is 12.0 Å². The summed E-state index contributed by atoms with van der Waals surface area (Å²) in [5.41, 5.74) is 5.54. The molecule has 0 aliphatic carbocycles. The zero-order chi connectivity index (χ0) is 40.2. The minimum Gasteiger partial charge on any atom is -0.449 e. The number of aliphatic hydroxyl groups excluding tert-OH is 3. The van der Waals surface area contributed by atoms with Crippen LogP contribution in [0.2, 0.25) is 0 Å². The molecule has 326 valence electrons. The molecule has 2 amide bonds. The van der Waals surface area contributed by atoms with Crippen molar-refractivity contribution in [3.8, 4) is 0 Å². The van der Waals surface area contributed by atoms with E-state index in [1.807, 2.05) is 0 Å². The van der Waals surface area contributed by atoms with Crippen LogP contribution in [0.25, 0.3) is 0 Å². The van der Waals surface area contributed by atoms with Crippen molar-refractivity contribution < 1.29 is 34.4 Å². The Labute approximate surface area is 337 Å². The predicted molar refractivity (Wildman–Crippen MR) is 226 cm³/mol. The number of aliphatic hydroxyl groups is 3. The average molecular weight is 784 g/mol. The van der Waals surface area contributed by atoms with Gasteiger partial charge < -0.3 is 35.8 Å². The number of carbonyl (C=O) groups excluding carboxylic acids is 2. The molecule has 0 bridgehead atoms. The lowest BCUT2D eigenvalue weighted by Crippen LogP contribution is -2.69. The number of hydrogen-bond acceptors (Lipinski definition) is 8. The lowest BCUT2D eigenvalue weighted by atomic mass is 9.95. The molecule has 6 N–H and O–H groups in total. The Bertz CT molecular complexity index is 881. The van der Waals surface area contributed by atoms with Gasteiger partial charge in [-0.1, -0.05) is 206 Å². The Hall–Kier alpha value is -1.46. The van der Waals surface area contributed by atoms with Crippen LogP contribution in [0.3, 0.4) is 0 Å². The summed E-state index contributed by atoms with van der Waals surface area (Å²) in [5.74, 6) is -0.545. The number of hydrogen-bond donors (Lipinski definition) is 5. The number of unbranched alkanes of at least 4 members (excludes halogenated alkanes) is 30. The van der Waals surface area contributed by atoms with Crippen LogP contribution in [0.5, 0.6) is 0 Å². The second-order valence-corrected chi connectivity index (χ2v) is 16.4. The van der Waals surface area contributed by atoms with Gasteiger partial charge in [0, 0.05) is 6.54 Å². The second kappa shape index (κ2) is 36.9. The highest BCUT2D eigenvalue weighted by Crippen LogP contribution is 2.26. The number of rotatable bonds is 38. The summed E-state index contributed by atoms with van der Waals surface area (Å²) in [7, 11) is 0. The average Bonchev–Trinajstić information content (AvgIpc) is 3.19. The first-order valence-corrected chi connectivity index (χ1v) is 23.5. The number of ether oxygens (including phenoxy) is 2. The molecule has 10 heteroatoms. The number of amides is 2. The maximum Gasteiger partial charge on any atom is 0.411 e. The van der Waals surface area contributed by atoms with E-state index < -0.39 is 49.2 Å². The monoisotopic (exact) mass is 784 g/mol. The van der Waals surface area contributed by atoms with E-state index in [1.54, 1.807) is 0 Å². The SMILES string of the molecule is CCCCCCCCCCCCCCCCCCOC(=O)N(CCCCCCCCCCCCCCCCCC)[C@@H]1O[C@H](CO)[C@@H](O)[C@H](O)[C@H]1NC(=O)CN. The van der Waals surface area contributed by atoms with E-state index in [4.69, 9.17) is 15.2 Å². The van der Waals surface area contributed by atoms with Crippen LogP contribution in [0.4, 0.5) is 4.79 Å². The maximum atomic E-state index is 13.6. The van der Waals surface area contributed by atoms with Gasteiger partial charge in [0.1, 0.15) is 24.4 Å². The van der Waals surface area contributed by atoms with E-state index in [9.17, 15) is 24.9 Å². The first-order valence-electron chi connectivity index (χ1n) is 23.5. The summed E-state index contributed by atoms with van der Waals surface area (Å²) >= 11 is 0. The molecule has 0 saturated carbocycles. The minimum atomic E-state index is -1.46. The highest BCUT2D eigenvalue weighted by atomic mass is 16.6. The smallest absolute Gasteiger partial charge is 0.411 e. The Morgan fingerprint density at radius 3 is 1.31 bits per heavy atom. The second-order valence-electron chi connectivity index (χ2n) is 16.4. The molecule has 1 heterocycles. The van der Waals surface area contributed by atoms with E-state index in [1.165, 1.54) is 165 Å². The van der Waals surface area contributed by atoms with Crippen molar-refractivity contribution in [1.82, 2.24) is 10.2 Å². The van der Waals surface area contributed by atoms with Gasteiger partial charge in [-0.3, -0.25) is 9.69 Å². The van der Waals surface area contributed by atoms with Crippen LogP contribution < -0.4 is 11.1 Å². The molecule has 0 aromatic rings. The van der Waals surface area contributed by atoms with E-state index in [2.05, 4.69) is 19.2 Å². The molecule has 0 radical (unpaired) electrons. The Kier molecular flexibility index (Phi) is 34.5. The summed E-state index contributed by atoms with van der Waals surface area (Å²) < 4.78 is 11.7. The zero-order valence-electron chi connectivity index (χ0n) is 35.8. The fourth-order valence-corrected chi connectivity index (χ4v) is 7.81. The predicted octanol–water partition coefficient (Wildman–Crippen LogP) is 9.83. The number of nitrogens with two attached hydrogens (primary N) is 1. The van der Waals surface area contributed by atoms with E-state index in [0.717, 1.165) is 38.5 Å². The molecule has 0 unspecified atom stereocenters. The van der Waals surface area contributed by atoms with Gasteiger partial charge in [-0.2, -0.15) is 0 Å². The molecule has 0 aromatic carbocycles. The highest BCUT2D eigenvalue weighted by molar-refractivity contribution is 5.78. The highest BCUT2D eigenvalue weighted by Gasteiger charge is 2.48. The van der Waals surface area contributed by atoms with Crippen molar-refractivity contribution in [2.45, 2.75) is 250 Å². The van der Waals surface area contributed by atoms with Crippen molar-refractivity contribution in [2.75, 3.05) is 26.3 Å². The number of nitrogens with zero attached hydrogens (tertiary/aromatic N) is 1. The van der Waals surface area contributed by atoms with Gasteiger partial charge in [0.25, 0.3) is 0 Å². The minimum absolute atomic E-state index is 0.272. The molecule has 1 fully saturated rings. The summed E-state index contributed by atoms with van der Waals surface area (Å²) in [6.45, 7) is 4.24. The molecule has 1 rings (SSSR count). The standard InChI is InChI=1S/C45H89N3O7/c1-3-5-7-9-11-13-15-17-19-21-23-25-27-29-31-33-35-48(44-41(47-40(50)37-46)43(52)42(51)39(38-49)55-44)45(53)54-36-34-32-30-28-26-24-22-20-18-16-14-12-10-8-6-4-2/h39,41-44,49,51-52H,3-38,46H2,1-2H3,(H,47,50)/t39-,41-,42-,43-,44-/m1/s1. The largest absolute Gasteiger partial charge is 0.449 e. The van der Waals surface area contributed by atoms with Crippen molar-refractivity contribution in [3.05, 3.63) is 0 Å². The summed E-state index contributed by atoms with van der Waals surface area (Å²) in [5, 5.41) is 34.0. The maximum absolute atomic E-state index is 13.6. The molecule has 5 atom stereocenters. The molecule has 55 heavy (non-hydrogen) atoms. The van der Waals surface area contributed by atoms with Crippen LogP contribution in [-0.4, -0.2) is 89.1 Å². The van der Waals surface area contributed by atoms with Gasteiger partial charge in [-0.15, -0.1) is 0 Å². The number of carbonyl (C=O) groups is 2. The molecule has 1 aliphatic heterocycles. The van der Waals surface area contributed by atoms with Gasteiger partial charge in [-0.05, 0) is 12.8 Å². The third kappa shape index (κ3) is 26.2. The number of nitrogens with one attached hydrogen (secondary N) is 1. The Morgan fingerprint density at radius 1 is 0.582 bits per heavy atom. The molecule has 10 nitrogen and oxygen atoms in total. The van der Waals surface area contributed by atoms with Crippen LogP contribution in [0.1, 0.15) is 219 Å². The topological polar surface area (TPSA) is 155 Å². The van der Waals surface area contributed by atoms with Crippen LogP contribution in [0, 0.1) is 0 Å². The van der Waals surface area contributed by atoms with Crippen LogP contribution in [-0.2, 0) is 14.3 Å². The fourth-order valence-electron chi connectivity index (χ4n) is 7.81. The van der Waals surface area contributed by atoms with Gasteiger partial charge in [0.05, 0.1) is 19.8 Å². The van der Waals surface area contributed by atoms with Gasteiger partial charge >= 0.3 is 6.09 Å².